The minimum Gasteiger partial charge on any atom is -0.382 e. The summed E-state index contributed by atoms with van der Waals surface area (Å²) in [6, 6.07) is 9.60. The van der Waals surface area contributed by atoms with Crippen LogP contribution >= 0.6 is 0 Å². The number of hydrogen-bond acceptors (Lipinski definition) is 5. The Bertz CT molecular complexity index is 755. The van der Waals surface area contributed by atoms with Gasteiger partial charge in [-0.1, -0.05) is 0 Å². The molecule has 0 aliphatic heterocycles. The summed E-state index contributed by atoms with van der Waals surface area (Å²) in [4.78, 5) is 12.3. The highest BCUT2D eigenvalue weighted by atomic mass is 19.1. The molecular formula is C13H10FN5. The van der Waals surface area contributed by atoms with Crippen LogP contribution in [0.5, 0.6) is 0 Å². The number of benzene rings is 1. The molecule has 0 unspecified atom stereocenters. The molecule has 5 nitrogen and oxygen atoms in total. The average molecular weight is 255 g/mol. The first-order chi connectivity index (χ1) is 9.13. The Hall–Kier alpha value is -2.76. The molecule has 2 aromatic heterocycles. The third-order valence-corrected chi connectivity index (χ3v) is 2.73. The molecule has 1 aromatic carbocycles. The Balaban J connectivity index is 2.19. The normalized spacial score (nSPS) is 10.8. The summed E-state index contributed by atoms with van der Waals surface area (Å²) >= 11 is 0. The highest BCUT2D eigenvalue weighted by Crippen LogP contribution is 2.23. The fraction of sp³-hybridized carbons (Fsp3) is 0. The van der Waals surface area contributed by atoms with Crippen molar-refractivity contribution in [3.05, 3.63) is 42.2 Å². The van der Waals surface area contributed by atoms with E-state index in [1.54, 1.807) is 24.3 Å². The first kappa shape index (κ1) is 11.3. The average Bonchev–Trinajstić information content (AvgIpc) is 2.39. The van der Waals surface area contributed by atoms with Gasteiger partial charge in [-0.25, -0.2) is 14.4 Å². The molecular weight excluding hydrogens is 245 g/mol. The van der Waals surface area contributed by atoms with Crippen LogP contribution in [0.4, 0.5) is 16.2 Å². The van der Waals surface area contributed by atoms with Crippen LogP contribution < -0.4 is 11.5 Å². The predicted octanol–water partition coefficient (Wildman–Crippen LogP) is 2.00. The molecule has 0 bridgehead atoms. The van der Waals surface area contributed by atoms with E-state index in [-0.39, 0.29) is 17.6 Å². The molecule has 3 rings (SSSR count). The highest BCUT2D eigenvalue weighted by Gasteiger charge is 2.07. The molecule has 2 heterocycles. The lowest BCUT2D eigenvalue weighted by Crippen LogP contribution is -2.02. The molecule has 0 atom stereocenters. The van der Waals surface area contributed by atoms with Crippen molar-refractivity contribution in [1.82, 2.24) is 15.0 Å². The summed E-state index contributed by atoms with van der Waals surface area (Å²) in [7, 11) is 0. The third kappa shape index (κ3) is 2.03. The quantitative estimate of drug-likeness (QED) is 0.694. The van der Waals surface area contributed by atoms with Gasteiger partial charge in [0, 0.05) is 5.56 Å². The van der Waals surface area contributed by atoms with Crippen molar-refractivity contribution in [1.29, 1.82) is 0 Å². The van der Waals surface area contributed by atoms with Crippen LogP contribution in [-0.2, 0) is 0 Å². The zero-order chi connectivity index (χ0) is 13.4. The van der Waals surface area contributed by atoms with Gasteiger partial charge in [-0.05, 0) is 36.4 Å². The van der Waals surface area contributed by atoms with Crippen molar-refractivity contribution in [2.24, 2.45) is 0 Å². The maximum Gasteiger partial charge on any atom is 0.222 e. The van der Waals surface area contributed by atoms with Crippen LogP contribution in [0.25, 0.3) is 22.3 Å². The van der Waals surface area contributed by atoms with Gasteiger partial charge in [-0.2, -0.15) is 4.98 Å². The van der Waals surface area contributed by atoms with Gasteiger partial charge in [0.2, 0.25) is 5.95 Å². The number of nitrogen functional groups attached to an aromatic ring is 2. The van der Waals surface area contributed by atoms with Crippen molar-refractivity contribution in [3.8, 4) is 11.3 Å². The van der Waals surface area contributed by atoms with Crippen molar-refractivity contribution < 1.29 is 4.39 Å². The van der Waals surface area contributed by atoms with Crippen LogP contribution in [-0.4, -0.2) is 15.0 Å². The monoisotopic (exact) mass is 255 g/mol. The molecule has 0 saturated heterocycles. The second kappa shape index (κ2) is 4.16. The summed E-state index contributed by atoms with van der Waals surface area (Å²) in [5, 5.41) is 0. The van der Waals surface area contributed by atoms with E-state index in [2.05, 4.69) is 15.0 Å². The fourth-order valence-corrected chi connectivity index (χ4v) is 1.84. The minimum absolute atomic E-state index is 0.112. The summed E-state index contributed by atoms with van der Waals surface area (Å²) in [5.41, 5.74) is 13.8. The van der Waals surface area contributed by atoms with E-state index in [9.17, 15) is 4.39 Å². The van der Waals surface area contributed by atoms with E-state index in [1.165, 1.54) is 12.1 Å². The number of rotatable bonds is 1. The number of fused-ring (bicyclic) bond motifs is 1. The van der Waals surface area contributed by atoms with E-state index in [4.69, 9.17) is 11.5 Å². The lowest BCUT2D eigenvalue weighted by Gasteiger charge is -2.05. The Morgan fingerprint density at radius 3 is 2.32 bits per heavy atom. The molecule has 0 fully saturated rings. The second-order valence-electron chi connectivity index (χ2n) is 4.04. The second-order valence-corrected chi connectivity index (χ2v) is 4.04. The summed E-state index contributed by atoms with van der Waals surface area (Å²) < 4.78 is 12.9. The maximum absolute atomic E-state index is 12.9. The molecule has 0 amide bonds. The highest BCUT2D eigenvalue weighted by molar-refractivity contribution is 5.86. The zero-order valence-corrected chi connectivity index (χ0v) is 9.84. The zero-order valence-electron chi connectivity index (χ0n) is 9.84. The van der Waals surface area contributed by atoms with Crippen LogP contribution in [0, 0.1) is 5.82 Å². The van der Waals surface area contributed by atoms with Crippen molar-refractivity contribution >= 4 is 22.8 Å². The number of pyridine rings is 1. The number of anilines is 2. The van der Waals surface area contributed by atoms with E-state index in [1.807, 2.05) is 0 Å². The molecule has 0 saturated carbocycles. The Morgan fingerprint density at radius 2 is 1.58 bits per heavy atom. The number of nitrogens with two attached hydrogens (primary N) is 2. The lowest BCUT2D eigenvalue weighted by molar-refractivity contribution is 0.628. The molecule has 0 spiro atoms. The first-order valence-electron chi connectivity index (χ1n) is 5.59. The van der Waals surface area contributed by atoms with Gasteiger partial charge in [-0.3, -0.25) is 0 Å². The van der Waals surface area contributed by atoms with Gasteiger partial charge < -0.3 is 11.5 Å². The van der Waals surface area contributed by atoms with Gasteiger partial charge in [0.1, 0.15) is 11.3 Å². The smallest absolute Gasteiger partial charge is 0.222 e. The van der Waals surface area contributed by atoms with E-state index in [0.29, 0.717) is 16.7 Å². The van der Waals surface area contributed by atoms with Gasteiger partial charge >= 0.3 is 0 Å². The van der Waals surface area contributed by atoms with Crippen molar-refractivity contribution in [3.63, 3.8) is 0 Å². The van der Waals surface area contributed by atoms with Gasteiger partial charge in [0.15, 0.2) is 5.82 Å². The Kier molecular flexibility index (Phi) is 2.49. The van der Waals surface area contributed by atoms with E-state index in [0.717, 1.165) is 5.56 Å². The number of hydrogen-bond donors (Lipinski definition) is 2. The van der Waals surface area contributed by atoms with Crippen molar-refractivity contribution in [2.45, 2.75) is 0 Å². The fourth-order valence-electron chi connectivity index (χ4n) is 1.84. The molecule has 4 N–H and O–H groups in total. The SMILES string of the molecule is Nc1nc(N)c2nc(-c3ccc(F)cc3)ccc2n1. The van der Waals surface area contributed by atoms with Crippen molar-refractivity contribution in [2.75, 3.05) is 11.5 Å². The van der Waals surface area contributed by atoms with E-state index >= 15 is 0 Å². The number of halogens is 1. The number of nitrogens with zero attached hydrogens (tertiary/aromatic N) is 3. The molecule has 3 aromatic rings. The molecule has 94 valence electrons. The van der Waals surface area contributed by atoms with E-state index < -0.39 is 0 Å². The maximum atomic E-state index is 12.9. The molecule has 6 heteroatoms. The molecule has 19 heavy (non-hydrogen) atoms. The Morgan fingerprint density at radius 1 is 0.842 bits per heavy atom. The van der Waals surface area contributed by atoms with Crippen LogP contribution in [0.1, 0.15) is 0 Å². The standard InChI is InChI=1S/C13H10FN5/c14-8-3-1-7(2-4-8)9-5-6-10-11(17-9)12(15)19-13(16)18-10/h1-6H,(H4,15,16,18,19). The van der Waals surface area contributed by atoms with Crippen LogP contribution in [0.3, 0.4) is 0 Å². The summed E-state index contributed by atoms with van der Waals surface area (Å²) in [5.74, 6) is 0.0490. The van der Waals surface area contributed by atoms with Gasteiger partial charge in [-0.15, -0.1) is 0 Å². The molecule has 0 radical (unpaired) electrons. The van der Waals surface area contributed by atoms with Gasteiger partial charge in [0.05, 0.1) is 11.2 Å². The topological polar surface area (TPSA) is 90.7 Å². The van der Waals surface area contributed by atoms with Crippen LogP contribution in [0.2, 0.25) is 0 Å². The van der Waals surface area contributed by atoms with Gasteiger partial charge in [0.25, 0.3) is 0 Å². The lowest BCUT2D eigenvalue weighted by atomic mass is 10.1. The predicted molar refractivity (Wildman–Crippen MR) is 71.6 cm³/mol. The first-order valence-corrected chi connectivity index (χ1v) is 5.59. The van der Waals surface area contributed by atoms with Crippen LogP contribution in [0.15, 0.2) is 36.4 Å². The number of aromatic nitrogens is 3. The Labute approximate surface area is 108 Å². The summed E-state index contributed by atoms with van der Waals surface area (Å²) in [6.07, 6.45) is 0. The molecule has 0 aliphatic carbocycles. The summed E-state index contributed by atoms with van der Waals surface area (Å²) in [6.45, 7) is 0. The largest absolute Gasteiger partial charge is 0.382 e. The molecule has 0 aliphatic rings. The minimum atomic E-state index is -0.292. The third-order valence-electron chi connectivity index (χ3n) is 2.73.